The van der Waals surface area contributed by atoms with Gasteiger partial charge in [-0.1, -0.05) is 13.8 Å². The summed E-state index contributed by atoms with van der Waals surface area (Å²) < 4.78 is 15.3. The van der Waals surface area contributed by atoms with Gasteiger partial charge in [-0.2, -0.15) is 0 Å². The van der Waals surface area contributed by atoms with E-state index in [2.05, 4.69) is 5.32 Å². The number of aliphatic hydroxyl groups excluding tert-OH is 3. The smallest absolute Gasteiger partial charge is 0.309 e. The monoisotopic (exact) mass is 463 g/mol. The van der Waals surface area contributed by atoms with Crippen molar-refractivity contribution in [2.75, 3.05) is 19.8 Å². The predicted molar refractivity (Wildman–Crippen MR) is 112 cm³/mol. The van der Waals surface area contributed by atoms with E-state index >= 15 is 0 Å². The van der Waals surface area contributed by atoms with Crippen molar-refractivity contribution in [3.63, 3.8) is 0 Å². The van der Waals surface area contributed by atoms with Crippen molar-refractivity contribution < 1.29 is 48.7 Å². The van der Waals surface area contributed by atoms with Crippen molar-refractivity contribution in [1.82, 2.24) is 5.32 Å². The number of carbonyl (C=O) groups excluding carboxylic acids is 4. The molecule has 0 radical (unpaired) electrons. The van der Waals surface area contributed by atoms with Crippen molar-refractivity contribution >= 4 is 23.8 Å². The van der Waals surface area contributed by atoms with Crippen LogP contribution in [0, 0.1) is 5.41 Å². The third-order valence-corrected chi connectivity index (χ3v) is 4.07. The predicted octanol–water partition coefficient (Wildman–Crippen LogP) is -0.170. The highest BCUT2D eigenvalue weighted by Crippen LogP contribution is 2.25. The van der Waals surface area contributed by atoms with Gasteiger partial charge in [-0.25, -0.2) is 0 Å². The summed E-state index contributed by atoms with van der Waals surface area (Å²) >= 11 is 0. The van der Waals surface area contributed by atoms with Gasteiger partial charge in [-0.05, 0) is 27.2 Å². The van der Waals surface area contributed by atoms with Crippen LogP contribution in [-0.2, 0) is 33.4 Å². The highest BCUT2D eigenvalue weighted by molar-refractivity contribution is 5.84. The quantitative estimate of drug-likeness (QED) is 0.145. The Morgan fingerprint density at radius 3 is 1.78 bits per heavy atom. The van der Waals surface area contributed by atoms with Crippen molar-refractivity contribution in [3.05, 3.63) is 0 Å². The Hall–Kier alpha value is -2.24. The minimum atomic E-state index is -1.33. The van der Waals surface area contributed by atoms with Crippen molar-refractivity contribution in [1.29, 1.82) is 0 Å². The first-order valence-electron chi connectivity index (χ1n) is 10.6. The third-order valence-electron chi connectivity index (χ3n) is 4.07. The average Bonchev–Trinajstić information content (AvgIpc) is 2.62. The molecule has 0 unspecified atom stereocenters. The van der Waals surface area contributed by atoms with Crippen LogP contribution >= 0.6 is 0 Å². The Bertz CT molecular complexity index is 616. The molecule has 1 amide bonds. The SMILES string of the molecule is C[C@@H](O)CC(=O)OCCCNC(=O)[C@H](OC(=O)C[C@@H](C)O)C(C)(C)COC(=O)C[C@@H](C)O. The minimum absolute atomic E-state index is 0.0265. The first-order chi connectivity index (χ1) is 14.7. The maximum absolute atomic E-state index is 12.7. The first-order valence-corrected chi connectivity index (χ1v) is 10.6. The van der Waals surface area contributed by atoms with Crippen LogP contribution in [0.1, 0.15) is 60.3 Å². The van der Waals surface area contributed by atoms with Gasteiger partial charge >= 0.3 is 17.9 Å². The number of hydrogen-bond acceptors (Lipinski definition) is 10. The lowest BCUT2D eigenvalue weighted by molar-refractivity contribution is -0.170. The van der Waals surface area contributed by atoms with E-state index in [4.69, 9.17) is 19.3 Å². The molecule has 4 atom stereocenters. The lowest BCUT2D eigenvalue weighted by atomic mass is 9.86. The average molecular weight is 464 g/mol. The molecule has 4 N–H and O–H groups in total. The maximum Gasteiger partial charge on any atom is 0.309 e. The lowest BCUT2D eigenvalue weighted by Gasteiger charge is -2.32. The van der Waals surface area contributed by atoms with Gasteiger partial charge < -0.3 is 34.8 Å². The Morgan fingerprint density at radius 1 is 0.812 bits per heavy atom. The van der Waals surface area contributed by atoms with Gasteiger partial charge in [-0.3, -0.25) is 19.2 Å². The standard InChI is InChI=1S/C21H37NO10/c1-13(23)9-16(26)30-8-6-7-22-20(29)19(32-18(28)11-15(3)25)21(4,5)12-31-17(27)10-14(2)24/h13-15,19,23-25H,6-12H2,1-5H3,(H,22,29)/t13-,14-,15-,19+/m1/s1. The van der Waals surface area contributed by atoms with E-state index < -0.39 is 53.6 Å². The second kappa shape index (κ2) is 14.8. The molecule has 0 fully saturated rings. The number of aliphatic hydroxyl groups is 3. The van der Waals surface area contributed by atoms with E-state index in [1.807, 2.05) is 0 Å². The van der Waals surface area contributed by atoms with Crippen LogP contribution in [0.15, 0.2) is 0 Å². The fourth-order valence-corrected chi connectivity index (χ4v) is 2.49. The number of esters is 3. The summed E-state index contributed by atoms with van der Waals surface area (Å²) in [7, 11) is 0. The summed E-state index contributed by atoms with van der Waals surface area (Å²) in [5.74, 6) is -2.66. The Kier molecular flexibility index (Phi) is 13.7. The highest BCUT2D eigenvalue weighted by Gasteiger charge is 2.40. The van der Waals surface area contributed by atoms with Gasteiger partial charge in [0.25, 0.3) is 5.91 Å². The molecule has 32 heavy (non-hydrogen) atoms. The molecule has 11 nitrogen and oxygen atoms in total. The number of rotatable bonds is 15. The molecule has 0 saturated heterocycles. The van der Waals surface area contributed by atoms with Crippen molar-refractivity contribution in [2.24, 2.45) is 5.41 Å². The fraction of sp³-hybridized carbons (Fsp3) is 0.810. The van der Waals surface area contributed by atoms with Crippen LogP contribution in [0.3, 0.4) is 0 Å². The molecule has 0 aliphatic heterocycles. The zero-order chi connectivity index (χ0) is 24.9. The molecular formula is C21H37NO10. The third kappa shape index (κ3) is 13.9. The summed E-state index contributed by atoms with van der Waals surface area (Å²) in [5, 5.41) is 30.4. The second-order valence-electron chi connectivity index (χ2n) is 8.54. The number of hydrogen-bond donors (Lipinski definition) is 4. The van der Waals surface area contributed by atoms with Gasteiger partial charge in [0.15, 0.2) is 6.10 Å². The molecular weight excluding hydrogens is 426 g/mol. The van der Waals surface area contributed by atoms with Crippen molar-refractivity contribution in [3.8, 4) is 0 Å². The van der Waals surface area contributed by atoms with Crippen LogP contribution < -0.4 is 5.32 Å². The summed E-state index contributed by atoms with van der Waals surface area (Å²) in [4.78, 5) is 47.9. The van der Waals surface area contributed by atoms with Gasteiger partial charge in [0.2, 0.25) is 0 Å². The van der Waals surface area contributed by atoms with E-state index in [0.717, 1.165) is 0 Å². The van der Waals surface area contributed by atoms with E-state index in [-0.39, 0.29) is 45.4 Å². The molecule has 186 valence electrons. The van der Waals surface area contributed by atoms with Gasteiger partial charge in [0.1, 0.15) is 6.61 Å². The Labute approximate surface area is 188 Å². The molecule has 0 aromatic carbocycles. The Morgan fingerprint density at radius 2 is 1.28 bits per heavy atom. The minimum Gasteiger partial charge on any atom is -0.466 e. The molecule has 0 aliphatic carbocycles. The van der Waals surface area contributed by atoms with Gasteiger partial charge in [0, 0.05) is 12.0 Å². The number of amides is 1. The summed E-state index contributed by atoms with van der Waals surface area (Å²) in [6, 6.07) is 0. The molecule has 0 saturated carbocycles. The zero-order valence-corrected chi connectivity index (χ0v) is 19.5. The van der Waals surface area contributed by atoms with Gasteiger partial charge in [0.05, 0.1) is 44.2 Å². The van der Waals surface area contributed by atoms with Crippen molar-refractivity contribution in [2.45, 2.75) is 84.7 Å². The first kappa shape index (κ1) is 29.8. The maximum atomic E-state index is 12.7. The van der Waals surface area contributed by atoms with E-state index in [9.17, 15) is 29.4 Å². The second-order valence-corrected chi connectivity index (χ2v) is 8.54. The number of nitrogens with one attached hydrogen (secondary N) is 1. The topological polar surface area (TPSA) is 169 Å². The normalized spacial score (nSPS) is 15.1. The highest BCUT2D eigenvalue weighted by atomic mass is 16.6. The number of carbonyl (C=O) groups is 4. The largest absolute Gasteiger partial charge is 0.466 e. The Balaban J connectivity index is 4.92. The zero-order valence-electron chi connectivity index (χ0n) is 19.5. The molecule has 0 rings (SSSR count). The molecule has 0 aromatic rings. The number of ether oxygens (including phenoxy) is 3. The molecule has 0 aromatic heterocycles. The van der Waals surface area contributed by atoms with Gasteiger partial charge in [-0.15, -0.1) is 0 Å². The van der Waals surface area contributed by atoms with Crippen LogP contribution in [-0.4, -0.2) is 83.3 Å². The summed E-state index contributed by atoms with van der Waals surface area (Å²) in [5.41, 5.74) is -1.11. The van der Waals surface area contributed by atoms with Crippen LogP contribution in [0.4, 0.5) is 0 Å². The van der Waals surface area contributed by atoms with E-state index in [1.54, 1.807) is 13.8 Å². The fourth-order valence-electron chi connectivity index (χ4n) is 2.49. The van der Waals surface area contributed by atoms with Crippen LogP contribution in [0.25, 0.3) is 0 Å². The van der Waals surface area contributed by atoms with Crippen LogP contribution in [0.2, 0.25) is 0 Å². The molecule has 0 heterocycles. The summed E-state index contributed by atoms with van der Waals surface area (Å²) in [6.07, 6.45) is -4.37. The van der Waals surface area contributed by atoms with E-state index in [1.165, 1.54) is 20.8 Å². The van der Waals surface area contributed by atoms with E-state index in [0.29, 0.717) is 0 Å². The summed E-state index contributed by atoms with van der Waals surface area (Å²) in [6.45, 7) is 7.32. The molecule has 0 aliphatic rings. The van der Waals surface area contributed by atoms with Crippen LogP contribution in [0.5, 0.6) is 0 Å². The molecule has 11 heteroatoms. The molecule has 0 spiro atoms. The lowest BCUT2D eigenvalue weighted by Crippen LogP contribution is -2.49. The molecule has 0 bridgehead atoms.